The van der Waals surface area contributed by atoms with Crippen molar-refractivity contribution in [2.75, 3.05) is 5.75 Å². The summed E-state index contributed by atoms with van der Waals surface area (Å²) in [6.45, 7) is 4.07. The van der Waals surface area contributed by atoms with E-state index in [0.717, 1.165) is 0 Å². The molecule has 16 heavy (non-hydrogen) atoms. The Bertz CT molecular complexity index is 379. The van der Waals surface area contributed by atoms with Crippen LogP contribution in [-0.4, -0.2) is 16.8 Å². The zero-order valence-corrected chi connectivity index (χ0v) is 10.9. The quantitative estimate of drug-likeness (QED) is 0.802. The van der Waals surface area contributed by atoms with Gasteiger partial charge in [-0.05, 0) is 16.9 Å². The number of rotatable bonds is 5. The summed E-state index contributed by atoms with van der Waals surface area (Å²) < 4.78 is 13.1. The van der Waals surface area contributed by atoms with Gasteiger partial charge in [0.1, 0.15) is 11.6 Å². The number of ketones is 1. The third kappa shape index (κ3) is 4.14. The summed E-state index contributed by atoms with van der Waals surface area (Å²) >= 11 is 7.35. The van der Waals surface area contributed by atoms with Crippen molar-refractivity contribution in [1.82, 2.24) is 0 Å². The molecule has 0 atom stereocenters. The van der Waals surface area contributed by atoms with E-state index in [0.29, 0.717) is 16.6 Å². The molecule has 0 heterocycles. The molecule has 0 saturated heterocycles. The molecule has 0 aromatic heterocycles. The Morgan fingerprint density at radius 3 is 2.81 bits per heavy atom. The van der Waals surface area contributed by atoms with Crippen LogP contribution in [0.1, 0.15) is 19.4 Å². The Morgan fingerprint density at radius 1 is 1.50 bits per heavy atom. The van der Waals surface area contributed by atoms with Gasteiger partial charge in [0.2, 0.25) is 0 Å². The van der Waals surface area contributed by atoms with Crippen LogP contribution >= 0.6 is 23.4 Å². The molecule has 0 aliphatic rings. The largest absolute Gasteiger partial charge is 0.298 e. The smallest absolute Gasteiger partial charge is 0.147 e. The van der Waals surface area contributed by atoms with E-state index in [1.165, 1.54) is 6.07 Å². The summed E-state index contributed by atoms with van der Waals surface area (Å²) in [5.41, 5.74) is 0.566. The van der Waals surface area contributed by atoms with Gasteiger partial charge in [0.25, 0.3) is 0 Å². The first kappa shape index (κ1) is 13.5. The van der Waals surface area contributed by atoms with Crippen molar-refractivity contribution in [2.45, 2.75) is 25.5 Å². The van der Waals surface area contributed by atoms with Crippen LogP contribution in [0.4, 0.5) is 4.39 Å². The van der Waals surface area contributed by atoms with Gasteiger partial charge in [0.05, 0.1) is 10.8 Å². The van der Waals surface area contributed by atoms with Gasteiger partial charge in [-0.2, -0.15) is 11.8 Å². The summed E-state index contributed by atoms with van der Waals surface area (Å²) in [6.07, 6.45) is 0.205. The van der Waals surface area contributed by atoms with Crippen LogP contribution in [0, 0.1) is 5.82 Å². The van der Waals surface area contributed by atoms with E-state index in [1.807, 2.05) is 13.8 Å². The van der Waals surface area contributed by atoms with Crippen LogP contribution in [0.15, 0.2) is 18.2 Å². The monoisotopic (exact) mass is 260 g/mol. The van der Waals surface area contributed by atoms with E-state index in [2.05, 4.69) is 0 Å². The van der Waals surface area contributed by atoms with Crippen molar-refractivity contribution in [3.8, 4) is 0 Å². The molecule has 0 amide bonds. The van der Waals surface area contributed by atoms with Crippen LogP contribution in [0.2, 0.25) is 5.02 Å². The van der Waals surface area contributed by atoms with Gasteiger partial charge in [-0.3, -0.25) is 4.79 Å². The minimum atomic E-state index is -0.469. The minimum Gasteiger partial charge on any atom is -0.298 e. The molecule has 0 saturated carbocycles. The van der Waals surface area contributed by atoms with Gasteiger partial charge in [-0.15, -0.1) is 0 Å². The lowest BCUT2D eigenvalue weighted by atomic mass is 10.1. The highest BCUT2D eigenvalue weighted by Gasteiger charge is 2.10. The third-order valence-corrected chi connectivity index (χ3v) is 3.58. The number of Topliss-reactive ketones (excluding diaryl/α,β-unsaturated/α-hetero) is 1. The number of hydrogen-bond acceptors (Lipinski definition) is 2. The van der Waals surface area contributed by atoms with Crippen molar-refractivity contribution >= 4 is 29.1 Å². The van der Waals surface area contributed by atoms with Crippen molar-refractivity contribution in [3.63, 3.8) is 0 Å². The zero-order chi connectivity index (χ0) is 12.1. The van der Waals surface area contributed by atoms with Gasteiger partial charge in [-0.1, -0.05) is 37.6 Å². The molecule has 0 N–H and O–H groups in total. The van der Waals surface area contributed by atoms with Crippen molar-refractivity contribution in [3.05, 3.63) is 34.6 Å². The number of carbonyl (C=O) groups excluding carboxylic acids is 1. The number of carbonyl (C=O) groups is 1. The average Bonchev–Trinajstić information content (AvgIpc) is 2.22. The number of thioether (sulfide) groups is 1. The number of hydrogen-bond donors (Lipinski definition) is 0. The summed E-state index contributed by atoms with van der Waals surface area (Å²) in [5, 5.41) is 0.484. The second-order valence-corrected chi connectivity index (χ2v) is 5.73. The van der Waals surface area contributed by atoms with Gasteiger partial charge < -0.3 is 0 Å². The molecule has 0 fully saturated rings. The predicted octanol–water partition coefficient (Wildman–Crippen LogP) is 3.73. The van der Waals surface area contributed by atoms with E-state index in [4.69, 9.17) is 11.6 Å². The lowest BCUT2D eigenvalue weighted by Crippen LogP contribution is -2.08. The van der Waals surface area contributed by atoms with Crippen LogP contribution in [0.3, 0.4) is 0 Å². The summed E-state index contributed by atoms with van der Waals surface area (Å²) in [5.74, 6) is 0.0551. The normalized spacial score (nSPS) is 10.8. The molecule has 88 valence electrons. The standard InChI is InChI=1S/C12H14ClFOS/c1-8(2)16-7-10(15)6-9-4-3-5-11(14)12(9)13/h3-5,8H,6-7H2,1-2H3. The Balaban J connectivity index is 2.59. The summed E-state index contributed by atoms with van der Waals surface area (Å²) in [6, 6.07) is 4.54. The highest BCUT2D eigenvalue weighted by molar-refractivity contribution is 8.00. The van der Waals surface area contributed by atoms with Gasteiger partial charge in [-0.25, -0.2) is 4.39 Å². The Morgan fingerprint density at radius 2 is 2.19 bits per heavy atom. The Hall–Kier alpha value is -0.540. The fourth-order valence-corrected chi connectivity index (χ4v) is 2.02. The Kier molecular flexibility index (Phi) is 5.29. The van der Waals surface area contributed by atoms with E-state index < -0.39 is 5.82 Å². The van der Waals surface area contributed by atoms with Crippen LogP contribution < -0.4 is 0 Å². The average molecular weight is 261 g/mol. The van der Waals surface area contributed by atoms with Crippen LogP contribution in [0.25, 0.3) is 0 Å². The van der Waals surface area contributed by atoms with Crippen LogP contribution in [0.5, 0.6) is 0 Å². The summed E-state index contributed by atoms with van der Waals surface area (Å²) in [4.78, 5) is 11.6. The van der Waals surface area contributed by atoms with Gasteiger partial charge in [0.15, 0.2) is 0 Å². The van der Waals surface area contributed by atoms with E-state index in [1.54, 1.807) is 23.9 Å². The van der Waals surface area contributed by atoms with E-state index in [-0.39, 0.29) is 17.2 Å². The van der Waals surface area contributed by atoms with Gasteiger partial charge in [0, 0.05) is 6.42 Å². The minimum absolute atomic E-state index is 0.0606. The molecule has 0 aliphatic heterocycles. The molecular formula is C12H14ClFOS. The second kappa shape index (κ2) is 6.26. The maximum atomic E-state index is 13.1. The highest BCUT2D eigenvalue weighted by Crippen LogP contribution is 2.21. The van der Waals surface area contributed by atoms with Crippen molar-refractivity contribution < 1.29 is 9.18 Å². The predicted molar refractivity (Wildman–Crippen MR) is 67.7 cm³/mol. The topological polar surface area (TPSA) is 17.1 Å². The fourth-order valence-electron chi connectivity index (χ4n) is 1.21. The first-order valence-corrected chi connectivity index (χ1v) is 6.49. The molecule has 1 nitrogen and oxygen atoms in total. The fraction of sp³-hybridized carbons (Fsp3) is 0.417. The Labute approximate surface area is 104 Å². The zero-order valence-electron chi connectivity index (χ0n) is 9.30. The van der Waals surface area contributed by atoms with Gasteiger partial charge >= 0.3 is 0 Å². The maximum absolute atomic E-state index is 13.1. The second-order valence-electron chi connectivity index (χ2n) is 3.79. The van der Waals surface area contributed by atoms with Crippen molar-refractivity contribution in [2.24, 2.45) is 0 Å². The molecule has 0 unspecified atom stereocenters. The van der Waals surface area contributed by atoms with E-state index in [9.17, 15) is 9.18 Å². The van der Waals surface area contributed by atoms with Crippen LogP contribution in [-0.2, 0) is 11.2 Å². The first-order chi connectivity index (χ1) is 7.50. The maximum Gasteiger partial charge on any atom is 0.147 e. The number of halogens is 2. The lowest BCUT2D eigenvalue weighted by molar-refractivity contribution is -0.116. The molecule has 1 aromatic carbocycles. The number of benzene rings is 1. The molecule has 4 heteroatoms. The SMILES string of the molecule is CC(C)SCC(=O)Cc1cccc(F)c1Cl. The molecule has 0 radical (unpaired) electrons. The molecule has 0 spiro atoms. The molecular weight excluding hydrogens is 247 g/mol. The van der Waals surface area contributed by atoms with E-state index >= 15 is 0 Å². The third-order valence-electron chi connectivity index (χ3n) is 2.00. The highest BCUT2D eigenvalue weighted by atomic mass is 35.5. The molecule has 1 rings (SSSR count). The summed E-state index contributed by atoms with van der Waals surface area (Å²) in [7, 11) is 0. The molecule has 0 bridgehead atoms. The first-order valence-electron chi connectivity index (χ1n) is 5.07. The molecule has 1 aromatic rings. The lowest BCUT2D eigenvalue weighted by Gasteiger charge is -2.06. The van der Waals surface area contributed by atoms with Crippen molar-refractivity contribution in [1.29, 1.82) is 0 Å². The molecule has 0 aliphatic carbocycles.